The van der Waals surface area contributed by atoms with Gasteiger partial charge in [0.1, 0.15) is 5.65 Å². The molecule has 0 radical (unpaired) electrons. The minimum Gasteiger partial charge on any atom is -0.481 e. The van der Waals surface area contributed by atoms with E-state index in [0.717, 1.165) is 39.8 Å². The van der Waals surface area contributed by atoms with E-state index in [4.69, 9.17) is 37.7 Å². The standard InChI is InChI=1S/C37H38Cl2N6O4/c1-22(48-2)17-40-19-25-20-42-32-16-23(14-15-45(32)37(25)47)27-6-4-7-28(34(27)38)29-8-5-9-30(35(29)39)31-12-10-24(36(44-31)49-3)18-41-21-26-11-13-33(46)43-26/h4-10,12,14-16,20,22,26,40-41H,11,13,17-19,21H2,1-3H3,(H,43,46)/t22-,26+/m0/s1. The highest BCUT2D eigenvalue weighted by atomic mass is 35.5. The van der Waals surface area contributed by atoms with Crippen LogP contribution in [0, 0.1) is 0 Å². The second-order valence-electron chi connectivity index (χ2n) is 12.0. The molecule has 0 aliphatic carbocycles. The van der Waals surface area contributed by atoms with Crippen molar-refractivity contribution in [3.8, 4) is 39.4 Å². The van der Waals surface area contributed by atoms with Crippen molar-refractivity contribution < 1.29 is 14.3 Å². The summed E-state index contributed by atoms with van der Waals surface area (Å²) in [5, 5.41) is 10.6. The van der Waals surface area contributed by atoms with E-state index < -0.39 is 0 Å². The first kappa shape index (κ1) is 34.5. The third-order valence-electron chi connectivity index (χ3n) is 8.73. The average Bonchev–Trinajstić information content (AvgIpc) is 3.54. The molecule has 5 aromatic rings. The first-order valence-corrected chi connectivity index (χ1v) is 16.9. The van der Waals surface area contributed by atoms with Crippen molar-refractivity contribution in [3.05, 3.63) is 105 Å². The number of nitrogens with one attached hydrogen (secondary N) is 3. The molecule has 0 saturated carbocycles. The van der Waals surface area contributed by atoms with Crippen molar-refractivity contribution in [1.29, 1.82) is 0 Å². The quantitative estimate of drug-likeness (QED) is 0.139. The van der Waals surface area contributed by atoms with Crippen LogP contribution in [0.4, 0.5) is 0 Å². The molecule has 4 heterocycles. The van der Waals surface area contributed by atoms with Gasteiger partial charge in [-0.05, 0) is 37.1 Å². The summed E-state index contributed by atoms with van der Waals surface area (Å²) < 4.78 is 12.4. The number of benzene rings is 2. The monoisotopic (exact) mass is 700 g/mol. The normalized spacial score (nSPS) is 15.0. The lowest BCUT2D eigenvalue weighted by Gasteiger charge is -2.16. The number of nitrogens with zero attached hydrogens (tertiary/aromatic N) is 3. The van der Waals surface area contributed by atoms with Gasteiger partial charge in [-0.15, -0.1) is 0 Å². The molecule has 3 N–H and O–H groups in total. The van der Waals surface area contributed by atoms with Gasteiger partial charge in [-0.25, -0.2) is 9.97 Å². The highest BCUT2D eigenvalue weighted by Gasteiger charge is 2.21. The average molecular weight is 702 g/mol. The number of carbonyl (C=O) groups is 1. The first-order chi connectivity index (χ1) is 23.8. The van der Waals surface area contributed by atoms with Crippen molar-refractivity contribution >= 4 is 34.8 Å². The number of halogens is 2. The van der Waals surface area contributed by atoms with Crippen molar-refractivity contribution in [2.24, 2.45) is 0 Å². The lowest BCUT2D eigenvalue weighted by atomic mass is 9.97. The van der Waals surface area contributed by atoms with Crippen LogP contribution in [0.25, 0.3) is 39.2 Å². The van der Waals surface area contributed by atoms with E-state index in [1.165, 1.54) is 4.40 Å². The highest BCUT2D eigenvalue weighted by molar-refractivity contribution is 6.39. The van der Waals surface area contributed by atoms with E-state index in [1.807, 2.05) is 67.6 Å². The molecular weight excluding hydrogens is 663 g/mol. The maximum Gasteiger partial charge on any atom is 0.262 e. The number of pyridine rings is 2. The molecule has 1 aliphatic rings. The highest BCUT2D eigenvalue weighted by Crippen LogP contribution is 2.42. The number of hydrogen-bond acceptors (Lipinski definition) is 8. The third kappa shape index (κ3) is 7.64. The first-order valence-electron chi connectivity index (χ1n) is 16.1. The van der Waals surface area contributed by atoms with Gasteiger partial charge >= 0.3 is 0 Å². The Kier molecular flexibility index (Phi) is 10.9. The summed E-state index contributed by atoms with van der Waals surface area (Å²) >= 11 is 14.2. The second-order valence-corrected chi connectivity index (χ2v) is 12.8. The van der Waals surface area contributed by atoms with Crippen LogP contribution in [-0.2, 0) is 22.6 Å². The summed E-state index contributed by atoms with van der Waals surface area (Å²) in [6, 6.07) is 19.3. The van der Waals surface area contributed by atoms with Crippen LogP contribution in [0.2, 0.25) is 10.0 Å². The summed E-state index contributed by atoms with van der Waals surface area (Å²) in [4.78, 5) is 34.0. The number of rotatable bonds is 13. The van der Waals surface area contributed by atoms with Gasteiger partial charge in [0, 0.05) is 91.5 Å². The van der Waals surface area contributed by atoms with Gasteiger partial charge in [0.15, 0.2) is 0 Å². The van der Waals surface area contributed by atoms with E-state index in [-0.39, 0.29) is 23.6 Å². The molecule has 1 saturated heterocycles. The summed E-state index contributed by atoms with van der Waals surface area (Å²) in [7, 11) is 3.25. The molecule has 1 fully saturated rings. The van der Waals surface area contributed by atoms with E-state index >= 15 is 0 Å². The van der Waals surface area contributed by atoms with Crippen molar-refractivity contribution in [3.63, 3.8) is 0 Å². The van der Waals surface area contributed by atoms with Gasteiger partial charge in [-0.1, -0.05) is 65.7 Å². The fourth-order valence-corrected chi connectivity index (χ4v) is 6.60. The predicted octanol–water partition coefficient (Wildman–Crippen LogP) is 5.90. The maximum absolute atomic E-state index is 13.2. The summed E-state index contributed by atoms with van der Waals surface area (Å²) in [6.45, 7) is 4.19. The number of amides is 1. The third-order valence-corrected chi connectivity index (χ3v) is 9.54. The van der Waals surface area contributed by atoms with Gasteiger partial charge in [0.2, 0.25) is 11.8 Å². The Balaban J connectivity index is 1.24. The van der Waals surface area contributed by atoms with Crippen LogP contribution in [0.15, 0.2) is 77.9 Å². The molecule has 2 atom stereocenters. The van der Waals surface area contributed by atoms with E-state index in [1.54, 1.807) is 26.6 Å². The summed E-state index contributed by atoms with van der Waals surface area (Å²) in [6.07, 6.45) is 4.77. The minimum atomic E-state index is -0.133. The second kappa shape index (κ2) is 15.5. The van der Waals surface area contributed by atoms with Crippen LogP contribution in [-0.4, -0.2) is 59.7 Å². The zero-order valence-electron chi connectivity index (χ0n) is 27.6. The zero-order chi connectivity index (χ0) is 34.5. The molecule has 0 bridgehead atoms. The van der Waals surface area contributed by atoms with Gasteiger partial charge in [0.05, 0.1) is 29.0 Å². The number of aromatic nitrogens is 3. The molecule has 12 heteroatoms. The van der Waals surface area contributed by atoms with Gasteiger partial charge in [0.25, 0.3) is 5.56 Å². The van der Waals surface area contributed by atoms with Gasteiger partial charge < -0.3 is 25.4 Å². The molecule has 0 spiro atoms. The lowest BCUT2D eigenvalue weighted by Crippen LogP contribution is -2.35. The largest absolute Gasteiger partial charge is 0.481 e. The summed E-state index contributed by atoms with van der Waals surface area (Å²) in [5.74, 6) is 0.591. The molecule has 2 aromatic carbocycles. The van der Waals surface area contributed by atoms with Crippen LogP contribution < -0.4 is 26.2 Å². The smallest absolute Gasteiger partial charge is 0.262 e. The molecule has 6 rings (SSSR count). The molecule has 49 heavy (non-hydrogen) atoms. The predicted molar refractivity (Wildman–Crippen MR) is 193 cm³/mol. The number of hydrogen-bond donors (Lipinski definition) is 3. The van der Waals surface area contributed by atoms with Gasteiger partial charge in [-0.2, -0.15) is 0 Å². The van der Waals surface area contributed by atoms with E-state index in [9.17, 15) is 9.59 Å². The molecule has 1 aliphatic heterocycles. The lowest BCUT2D eigenvalue weighted by molar-refractivity contribution is -0.119. The van der Waals surface area contributed by atoms with Crippen molar-refractivity contribution in [2.75, 3.05) is 27.3 Å². The zero-order valence-corrected chi connectivity index (χ0v) is 29.1. The fourth-order valence-electron chi connectivity index (χ4n) is 5.94. The molecular formula is C37H38Cl2N6O4. The number of carbonyl (C=O) groups excluding carboxylic acids is 1. The Bertz CT molecular complexity index is 2050. The van der Waals surface area contributed by atoms with E-state index in [0.29, 0.717) is 65.4 Å². The van der Waals surface area contributed by atoms with Crippen LogP contribution in [0.5, 0.6) is 5.88 Å². The number of methoxy groups -OCH3 is 2. The van der Waals surface area contributed by atoms with Crippen LogP contribution in [0.3, 0.4) is 0 Å². The van der Waals surface area contributed by atoms with E-state index in [2.05, 4.69) is 20.9 Å². The SMILES string of the molecule is COc1nc(-c2cccc(-c3cccc(-c4ccn5c(=O)c(CNC[C@H](C)OC)cnc5c4)c3Cl)c2Cl)ccc1CNC[C@H]1CCC(=O)N1. The number of fused-ring (bicyclic) bond motifs is 1. The minimum absolute atomic E-state index is 0.0381. The van der Waals surface area contributed by atoms with Gasteiger partial charge in [-0.3, -0.25) is 14.0 Å². The van der Waals surface area contributed by atoms with Crippen molar-refractivity contribution in [1.82, 2.24) is 30.3 Å². The molecule has 3 aromatic heterocycles. The topological polar surface area (TPSA) is 119 Å². The molecule has 0 unspecified atom stereocenters. The Morgan fingerprint density at radius 2 is 1.65 bits per heavy atom. The number of ether oxygens (including phenoxy) is 2. The molecule has 254 valence electrons. The maximum atomic E-state index is 13.2. The van der Waals surface area contributed by atoms with Crippen LogP contribution >= 0.6 is 23.2 Å². The Labute approximate surface area is 294 Å². The molecule has 10 nitrogen and oxygen atoms in total. The Hall–Kier alpha value is -4.32. The molecule has 1 amide bonds. The Morgan fingerprint density at radius 3 is 2.37 bits per heavy atom. The fraction of sp³-hybridized carbons (Fsp3) is 0.297. The summed E-state index contributed by atoms with van der Waals surface area (Å²) in [5.41, 5.74) is 6.36. The van der Waals surface area contributed by atoms with Crippen LogP contribution in [0.1, 0.15) is 30.9 Å². The van der Waals surface area contributed by atoms with Crippen molar-refractivity contribution in [2.45, 2.75) is 45.0 Å². The Morgan fingerprint density at radius 1 is 0.939 bits per heavy atom.